The molecule has 1 aliphatic rings. The van der Waals surface area contributed by atoms with E-state index in [4.69, 9.17) is 0 Å². The van der Waals surface area contributed by atoms with Crippen molar-refractivity contribution in [1.82, 2.24) is 5.32 Å². The fourth-order valence-corrected chi connectivity index (χ4v) is 3.46. The number of hydrogen-bond acceptors (Lipinski definition) is 1. The minimum Gasteiger partial charge on any atom is -0.310 e. The van der Waals surface area contributed by atoms with Crippen molar-refractivity contribution in [3.8, 4) is 0 Å². The Labute approximate surface area is 119 Å². The lowest BCUT2D eigenvalue weighted by Gasteiger charge is -2.20. The zero-order valence-corrected chi connectivity index (χ0v) is 13.0. The molecule has 1 aliphatic carbocycles. The summed E-state index contributed by atoms with van der Waals surface area (Å²) < 4.78 is 1.18. The Hall–Kier alpha value is -0.340. The Morgan fingerprint density at radius 3 is 2.83 bits per heavy atom. The zero-order valence-electron chi connectivity index (χ0n) is 11.5. The number of benzene rings is 1. The minimum absolute atomic E-state index is 0.499. The first-order valence-corrected chi connectivity index (χ1v) is 7.97. The van der Waals surface area contributed by atoms with E-state index in [1.165, 1.54) is 35.8 Å². The molecule has 1 N–H and O–H groups in total. The summed E-state index contributed by atoms with van der Waals surface area (Å²) in [6, 6.07) is 9.18. The number of hydrogen-bond donors (Lipinski definition) is 1. The van der Waals surface area contributed by atoms with E-state index in [2.05, 4.69) is 59.4 Å². The summed E-state index contributed by atoms with van der Waals surface area (Å²) in [5.41, 5.74) is 1.40. The second kappa shape index (κ2) is 6.72. The molecule has 100 valence electrons. The van der Waals surface area contributed by atoms with Crippen LogP contribution in [0.4, 0.5) is 0 Å². The van der Waals surface area contributed by atoms with Crippen molar-refractivity contribution in [2.75, 3.05) is 6.54 Å². The molecule has 2 rings (SSSR count). The van der Waals surface area contributed by atoms with Crippen LogP contribution in [0.3, 0.4) is 0 Å². The Morgan fingerprint density at radius 1 is 1.39 bits per heavy atom. The van der Waals surface area contributed by atoms with Gasteiger partial charge in [0.05, 0.1) is 0 Å². The second-order valence-electron chi connectivity index (χ2n) is 5.71. The van der Waals surface area contributed by atoms with Crippen molar-refractivity contribution in [3.05, 3.63) is 34.3 Å². The maximum Gasteiger partial charge on any atom is 0.0318 e. The third-order valence-electron chi connectivity index (χ3n) is 4.12. The van der Waals surface area contributed by atoms with Crippen LogP contribution in [0, 0.1) is 11.8 Å². The van der Waals surface area contributed by atoms with E-state index in [0.29, 0.717) is 6.04 Å². The highest BCUT2D eigenvalue weighted by Gasteiger charge is 2.21. The molecule has 2 heteroatoms. The largest absolute Gasteiger partial charge is 0.310 e. The average Bonchev–Trinajstić information content (AvgIpc) is 2.76. The van der Waals surface area contributed by atoms with Crippen LogP contribution in [0.5, 0.6) is 0 Å². The van der Waals surface area contributed by atoms with Gasteiger partial charge in [-0.15, -0.1) is 0 Å². The molecule has 1 nitrogen and oxygen atoms in total. The van der Waals surface area contributed by atoms with Gasteiger partial charge in [-0.05, 0) is 55.3 Å². The summed E-state index contributed by atoms with van der Waals surface area (Å²) in [4.78, 5) is 0. The number of nitrogens with one attached hydrogen (secondary N) is 1. The molecule has 0 radical (unpaired) electrons. The highest BCUT2D eigenvalue weighted by atomic mass is 79.9. The summed E-state index contributed by atoms with van der Waals surface area (Å²) >= 11 is 3.56. The van der Waals surface area contributed by atoms with Crippen molar-refractivity contribution in [2.24, 2.45) is 11.8 Å². The van der Waals surface area contributed by atoms with Crippen molar-refractivity contribution >= 4 is 15.9 Å². The van der Waals surface area contributed by atoms with Gasteiger partial charge in [0.25, 0.3) is 0 Å². The molecule has 0 aromatic heterocycles. The van der Waals surface area contributed by atoms with Gasteiger partial charge >= 0.3 is 0 Å². The van der Waals surface area contributed by atoms with E-state index < -0.39 is 0 Å². The van der Waals surface area contributed by atoms with Crippen LogP contribution in [-0.2, 0) is 0 Å². The normalized spacial score (nSPS) is 25.3. The number of halogens is 1. The lowest BCUT2D eigenvalue weighted by molar-refractivity contribution is 0.421. The predicted octanol–water partition coefficient (Wildman–Crippen LogP) is 4.93. The van der Waals surface area contributed by atoms with Crippen LogP contribution >= 0.6 is 15.9 Å². The van der Waals surface area contributed by atoms with Crippen molar-refractivity contribution < 1.29 is 0 Å². The molecule has 1 saturated carbocycles. The highest BCUT2D eigenvalue weighted by Crippen LogP contribution is 2.30. The molecule has 0 amide bonds. The van der Waals surface area contributed by atoms with E-state index in [1.807, 2.05) is 0 Å². The molecule has 1 aromatic carbocycles. The molecule has 0 spiro atoms. The van der Waals surface area contributed by atoms with Gasteiger partial charge in [0.2, 0.25) is 0 Å². The maximum atomic E-state index is 3.75. The first kappa shape index (κ1) is 14.1. The van der Waals surface area contributed by atoms with Crippen LogP contribution in [0.2, 0.25) is 0 Å². The molecule has 3 unspecified atom stereocenters. The van der Waals surface area contributed by atoms with Crippen LogP contribution in [-0.4, -0.2) is 6.54 Å². The fourth-order valence-electron chi connectivity index (χ4n) is 3.04. The average molecular weight is 310 g/mol. The van der Waals surface area contributed by atoms with E-state index in [9.17, 15) is 0 Å². The highest BCUT2D eigenvalue weighted by molar-refractivity contribution is 9.10. The third kappa shape index (κ3) is 3.83. The van der Waals surface area contributed by atoms with Gasteiger partial charge in [0, 0.05) is 10.5 Å². The van der Waals surface area contributed by atoms with Gasteiger partial charge in [-0.3, -0.25) is 0 Å². The Bertz CT molecular complexity index is 377. The fraction of sp³-hybridized carbons (Fsp3) is 0.625. The maximum absolute atomic E-state index is 3.75. The molecule has 0 aliphatic heterocycles. The van der Waals surface area contributed by atoms with Gasteiger partial charge < -0.3 is 5.32 Å². The van der Waals surface area contributed by atoms with E-state index in [0.717, 1.165) is 18.3 Å². The minimum atomic E-state index is 0.499. The zero-order chi connectivity index (χ0) is 13.0. The van der Waals surface area contributed by atoms with Crippen molar-refractivity contribution in [2.45, 2.75) is 45.6 Å². The summed E-state index contributed by atoms with van der Waals surface area (Å²) in [6.07, 6.45) is 5.38. The molecular formula is C16H24BrN. The monoisotopic (exact) mass is 309 g/mol. The van der Waals surface area contributed by atoms with Crippen LogP contribution in [0.1, 0.15) is 51.1 Å². The summed E-state index contributed by atoms with van der Waals surface area (Å²) in [5.74, 6) is 1.82. The lowest BCUT2D eigenvalue weighted by atomic mass is 10.0. The Kier molecular flexibility index (Phi) is 5.25. The SMILES string of the molecule is CCC(NCC1CCC(C)C1)c1cccc(Br)c1. The molecule has 0 bridgehead atoms. The summed E-state index contributed by atoms with van der Waals surface area (Å²) in [6.45, 7) is 5.82. The standard InChI is InChI=1S/C16H24BrN/c1-3-16(14-5-4-6-15(17)10-14)18-11-13-8-7-12(2)9-13/h4-6,10,12-13,16,18H,3,7-9,11H2,1-2H3. The van der Waals surface area contributed by atoms with E-state index in [-0.39, 0.29) is 0 Å². The molecule has 0 heterocycles. The van der Waals surface area contributed by atoms with Gasteiger partial charge in [-0.25, -0.2) is 0 Å². The molecule has 1 aromatic rings. The van der Waals surface area contributed by atoms with Gasteiger partial charge in [-0.2, -0.15) is 0 Å². The quantitative estimate of drug-likeness (QED) is 0.813. The molecule has 0 saturated heterocycles. The number of rotatable bonds is 5. The molecule has 1 fully saturated rings. The molecule has 18 heavy (non-hydrogen) atoms. The van der Waals surface area contributed by atoms with Gasteiger partial charge in [0.1, 0.15) is 0 Å². The Balaban J connectivity index is 1.89. The van der Waals surface area contributed by atoms with Crippen molar-refractivity contribution in [1.29, 1.82) is 0 Å². The smallest absolute Gasteiger partial charge is 0.0318 e. The van der Waals surface area contributed by atoms with Crippen LogP contribution in [0.15, 0.2) is 28.7 Å². The van der Waals surface area contributed by atoms with E-state index in [1.54, 1.807) is 0 Å². The molecular weight excluding hydrogens is 286 g/mol. The lowest BCUT2D eigenvalue weighted by Crippen LogP contribution is -2.26. The predicted molar refractivity (Wildman–Crippen MR) is 81.7 cm³/mol. The Morgan fingerprint density at radius 2 is 2.22 bits per heavy atom. The first-order chi connectivity index (χ1) is 8.69. The summed E-state index contributed by atoms with van der Waals surface area (Å²) in [5, 5.41) is 3.75. The van der Waals surface area contributed by atoms with Crippen LogP contribution in [0.25, 0.3) is 0 Å². The second-order valence-corrected chi connectivity index (χ2v) is 6.62. The molecule has 3 atom stereocenters. The third-order valence-corrected chi connectivity index (χ3v) is 4.61. The first-order valence-electron chi connectivity index (χ1n) is 7.18. The topological polar surface area (TPSA) is 12.0 Å². The van der Waals surface area contributed by atoms with Gasteiger partial charge in [0.15, 0.2) is 0 Å². The van der Waals surface area contributed by atoms with Crippen LogP contribution < -0.4 is 5.32 Å². The van der Waals surface area contributed by atoms with Gasteiger partial charge in [-0.1, -0.05) is 48.3 Å². The van der Waals surface area contributed by atoms with E-state index >= 15 is 0 Å². The summed E-state index contributed by atoms with van der Waals surface area (Å²) in [7, 11) is 0. The van der Waals surface area contributed by atoms with Crippen molar-refractivity contribution in [3.63, 3.8) is 0 Å².